The monoisotopic (exact) mass is 298 g/mol. The predicted octanol–water partition coefficient (Wildman–Crippen LogP) is 1.34. The average molecular weight is 298 g/mol. The summed E-state index contributed by atoms with van der Waals surface area (Å²) in [6.45, 7) is 0.478. The molecule has 0 saturated heterocycles. The summed E-state index contributed by atoms with van der Waals surface area (Å²) in [5.74, 6) is 0. The molecule has 0 heterocycles. The van der Waals surface area contributed by atoms with Crippen molar-refractivity contribution in [1.82, 2.24) is 4.72 Å². The van der Waals surface area contributed by atoms with Gasteiger partial charge in [0.2, 0.25) is 10.0 Å². The third-order valence-electron chi connectivity index (χ3n) is 3.84. The molecule has 2 rings (SSSR count). The quantitative estimate of drug-likeness (QED) is 0.831. The van der Waals surface area contributed by atoms with Crippen molar-refractivity contribution < 1.29 is 13.5 Å². The van der Waals surface area contributed by atoms with Crippen molar-refractivity contribution in [3.05, 3.63) is 24.3 Å². The summed E-state index contributed by atoms with van der Waals surface area (Å²) in [5.41, 5.74) is 0.683. The Hall–Kier alpha value is -1.11. The first-order valence-electron chi connectivity index (χ1n) is 7.00. The fourth-order valence-electron chi connectivity index (χ4n) is 2.86. The second-order valence-electron chi connectivity index (χ2n) is 5.03. The van der Waals surface area contributed by atoms with Crippen LogP contribution in [0.1, 0.15) is 25.7 Å². The van der Waals surface area contributed by atoms with Crippen LogP contribution < -0.4 is 9.62 Å². The zero-order chi connectivity index (χ0) is 14.6. The normalized spacial score (nSPS) is 16.5. The van der Waals surface area contributed by atoms with Crippen LogP contribution in [0.4, 0.5) is 5.69 Å². The summed E-state index contributed by atoms with van der Waals surface area (Å²) in [6.07, 6.45) is 4.42. The number of hydrogen-bond acceptors (Lipinski definition) is 4. The van der Waals surface area contributed by atoms with Crippen LogP contribution in [-0.4, -0.2) is 39.8 Å². The third kappa shape index (κ3) is 3.13. The lowest BCUT2D eigenvalue weighted by atomic mass is 10.1. The van der Waals surface area contributed by atoms with E-state index in [1.54, 1.807) is 12.1 Å². The second kappa shape index (κ2) is 6.56. The number of anilines is 1. The van der Waals surface area contributed by atoms with Gasteiger partial charge in [0.15, 0.2) is 0 Å². The maximum absolute atomic E-state index is 12.1. The van der Waals surface area contributed by atoms with E-state index in [9.17, 15) is 13.5 Å². The Morgan fingerprint density at radius 2 is 1.95 bits per heavy atom. The molecule has 0 aromatic heterocycles. The van der Waals surface area contributed by atoms with Gasteiger partial charge in [-0.25, -0.2) is 13.1 Å². The lowest BCUT2D eigenvalue weighted by Gasteiger charge is -2.32. The van der Waals surface area contributed by atoms with Crippen LogP contribution in [0.2, 0.25) is 0 Å². The zero-order valence-corrected chi connectivity index (χ0v) is 12.6. The molecule has 0 atom stereocenters. The number of aliphatic hydroxyl groups is 1. The summed E-state index contributed by atoms with van der Waals surface area (Å²) in [6, 6.07) is 7.30. The van der Waals surface area contributed by atoms with E-state index in [-0.39, 0.29) is 11.5 Å². The molecule has 0 aliphatic heterocycles. The maximum atomic E-state index is 12.1. The Balaban J connectivity index is 2.42. The lowest BCUT2D eigenvalue weighted by molar-refractivity contribution is 0.297. The Morgan fingerprint density at radius 1 is 1.30 bits per heavy atom. The van der Waals surface area contributed by atoms with Gasteiger partial charge in [0.05, 0.1) is 12.3 Å². The van der Waals surface area contributed by atoms with E-state index in [4.69, 9.17) is 0 Å². The van der Waals surface area contributed by atoms with Crippen molar-refractivity contribution in [3.8, 4) is 0 Å². The number of para-hydroxylation sites is 1. The highest BCUT2D eigenvalue weighted by atomic mass is 32.2. The molecule has 1 aromatic rings. The third-order valence-corrected chi connectivity index (χ3v) is 5.30. The summed E-state index contributed by atoms with van der Waals surface area (Å²) in [7, 11) is -2.08. The molecule has 20 heavy (non-hydrogen) atoms. The van der Waals surface area contributed by atoms with Crippen LogP contribution in [0, 0.1) is 0 Å². The van der Waals surface area contributed by atoms with Crippen LogP contribution in [0.25, 0.3) is 0 Å². The molecule has 1 fully saturated rings. The maximum Gasteiger partial charge on any atom is 0.242 e. The molecule has 0 spiro atoms. The number of hydrogen-bond donors (Lipinski definition) is 2. The van der Waals surface area contributed by atoms with Crippen molar-refractivity contribution in [3.63, 3.8) is 0 Å². The Bertz CT molecular complexity index is 539. The van der Waals surface area contributed by atoms with Gasteiger partial charge in [0.1, 0.15) is 4.90 Å². The van der Waals surface area contributed by atoms with E-state index in [0.717, 1.165) is 25.7 Å². The van der Waals surface area contributed by atoms with Crippen molar-refractivity contribution in [2.24, 2.45) is 0 Å². The van der Waals surface area contributed by atoms with Crippen LogP contribution in [-0.2, 0) is 10.0 Å². The van der Waals surface area contributed by atoms with E-state index in [1.807, 2.05) is 17.0 Å². The molecule has 1 aromatic carbocycles. The van der Waals surface area contributed by atoms with Crippen LogP contribution in [0.5, 0.6) is 0 Å². The van der Waals surface area contributed by atoms with Gasteiger partial charge < -0.3 is 10.0 Å². The van der Waals surface area contributed by atoms with Gasteiger partial charge in [-0.3, -0.25) is 0 Å². The summed E-state index contributed by atoms with van der Waals surface area (Å²) in [5, 5.41) is 9.30. The largest absolute Gasteiger partial charge is 0.395 e. The smallest absolute Gasteiger partial charge is 0.242 e. The van der Waals surface area contributed by atoms with Gasteiger partial charge >= 0.3 is 0 Å². The number of sulfonamides is 1. The minimum atomic E-state index is -3.50. The standard InChI is InChI=1S/C14H22N2O3S/c1-15-20(18,19)14-9-5-4-8-13(14)16(10-11-17)12-6-2-3-7-12/h4-5,8-9,12,15,17H,2-3,6-7,10-11H2,1H3. The van der Waals surface area contributed by atoms with Gasteiger partial charge in [-0.15, -0.1) is 0 Å². The highest BCUT2D eigenvalue weighted by molar-refractivity contribution is 7.89. The number of rotatable bonds is 6. The van der Waals surface area contributed by atoms with Gasteiger partial charge in [-0.1, -0.05) is 25.0 Å². The molecule has 0 radical (unpaired) electrons. The first-order chi connectivity index (χ1) is 9.60. The van der Waals surface area contributed by atoms with Crippen molar-refractivity contribution >= 4 is 15.7 Å². The summed E-state index contributed by atoms with van der Waals surface area (Å²) in [4.78, 5) is 2.32. The first-order valence-corrected chi connectivity index (χ1v) is 8.48. The molecular weight excluding hydrogens is 276 g/mol. The fraction of sp³-hybridized carbons (Fsp3) is 0.571. The van der Waals surface area contributed by atoms with Gasteiger partial charge in [-0.2, -0.15) is 0 Å². The molecule has 5 nitrogen and oxygen atoms in total. The fourth-order valence-corrected chi connectivity index (χ4v) is 3.79. The molecule has 2 N–H and O–H groups in total. The summed E-state index contributed by atoms with van der Waals surface area (Å²) < 4.78 is 26.7. The van der Waals surface area contributed by atoms with Crippen molar-refractivity contribution in [1.29, 1.82) is 0 Å². The zero-order valence-electron chi connectivity index (χ0n) is 11.7. The Morgan fingerprint density at radius 3 is 2.55 bits per heavy atom. The predicted molar refractivity (Wildman–Crippen MR) is 79.4 cm³/mol. The van der Waals surface area contributed by atoms with Gasteiger partial charge in [-0.05, 0) is 32.0 Å². The van der Waals surface area contributed by atoms with Crippen molar-refractivity contribution in [2.75, 3.05) is 25.1 Å². The molecule has 1 aliphatic rings. The molecule has 0 amide bonds. The molecule has 0 unspecified atom stereocenters. The highest BCUT2D eigenvalue weighted by Crippen LogP contribution is 2.32. The molecule has 1 saturated carbocycles. The molecule has 6 heteroatoms. The van der Waals surface area contributed by atoms with E-state index in [2.05, 4.69) is 4.72 Å². The Kier molecular flexibility index (Phi) is 5.01. The van der Waals surface area contributed by atoms with Crippen LogP contribution in [0.3, 0.4) is 0 Å². The first kappa shape index (κ1) is 15.3. The van der Waals surface area contributed by atoms with E-state index >= 15 is 0 Å². The van der Waals surface area contributed by atoms with Gasteiger partial charge in [0.25, 0.3) is 0 Å². The van der Waals surface area contributed by atoms with Crippen LogP contribution >= 0.6 is 0 Å². The average Bonchev–Trinajstić information content (AvgIpc) is 2.98. The lowest BCUT2D eigenvalue weighted by Crippen LogP contribution is -2.37. The second-order valence-corrected chi connectivity index (χ2v) is 6.89. The molecular formula is C14H22N2O3S. The molecule has 1 aliphatic carbocycles. The Labute approximate surface area is 120 Å². The topological polar surface area (TPSA) is 69.6 Å². The molecule has 0 bridgehead atoms. The number of aliphatic hydroxyl groups excluding tert-OH is 1. The van der Waals surface area contributed by atoms with E-state index < -0.39 is 10.0 Å². The van der Waals surface area contributed by atoms with E-state index in [0.29, 0.717) is 18.3 Å². The van der Waals surface area contributed by atoms with Crippen LogP contribution in [0.15, 0.2) is 29.2 Å². The SMILES string of the molecule is CNS(=O)(=O)c1ccccc1N(CCO)C1CCCC1. The minimum Gasteiger partial charge on any atom is -0.395 e. The molecule has 112 valence electrons. The summed E-state index contributed by atoms with van der Waals surface area (Å²) >= 11 is 0. The highest BCUT2D eigenvalue weighted by Gasteiger charge is 2.27. The number of benzene rings is 1. The number of nitrogens with one attached hydrogen (secondary N) is 1. The van der Waals surface area contributed by atoms with Crippen molar-refractivity contribution in [2.45, 2.75) is 36.6 Å². The number of nitrogens with zero attached hydrogens (tertiary/aromatic N) is 1. The van der Waals surface area contributed by atoms with E-state index in [1.165, 1.54) is 7.05 Å². The van der Waals surface area contributed by atoms with Gasteiger partial charge in [0, 0.05) is 12.6 Å². The minimum absolute atomic E-state index is 0.0183.